The minimum Gasteiger partial charge on any atom is -0.434 e. The smallest absolute Gasteiger partial charge is 0.434 e. The van der Waals surface area contributed by atoms with Gasteiger partial charge in [0.25, 0.3) is 0 Å². The Bertz CT molecular complexity index is 425. The molecule has 0 saturated carbocycles. The third-order valence-corrected chi connectivity index (χ3v) is 4.16. The molecule has 0 aliphatic heterocycles. The van der Waals surface area contributed by atoms with Crippen molar-refractivity contribution >= 4 is 6.16 Å². The first kappa shape index (κ1) is 20.5. The normalized spacial score (nSPS) is 10.6. The fourth-order valence-electron chi connectivity index (χ4n) is 2.62. The number of benzene rings is 1. The number of unbranched alkanes of at least 4 members (excludes halogenated alkanes) is 8. The van der Waals surface area contributed by atoms with Crippen LogP contribution in [0, 0.1) is 0 Å². The number of rotatable bonds is 13. The third-order valence-electron chi connectivity index (χ3n) is 4.16. The molecule has 0 N–H and O–H groups in total. The van der Waals surface area contributed by atoms with E-state index in [0.717, 1.165) is 19.3 Å². The molecule has 24 heavy (non-hydrogen) atoms. The maximum Gasteiger partial charge on any atom is 0.513 e. The van der Waals surface area contributed by atoms with Gasteiger partial charge in [0, 0.05) is 0 Å². The molecule has 0 radical (unpaired) electrons. The van der Waals surface area contributed by atoms with Gasteiger partial charge in [0.1, 0.15) is 5.75 Å². The maximum absolute atomic E-state index is 11.6. The molecule has 3 heteroatoms. The van der Waals surface area contributed by atoms with Gasteiger partial charge in [0.2, 0.25) is 0 Å². The van der Waals surface area contributed by atoms with Crippen LogP contribution in [-0.2, 0) is 11.2 Å². The van der Waals surface area contributed by atoms with Gasteiger partial charge >= 0.3 is 6.16 Å². The average Bonchev–Trinajstić information content (AvgIpc) is 2.60. The van der Waals surface area contributed by atoms with Crippen molar-refractivity contribution in [2.75, 3.05) is 6.61 Å². The van der Waals surface area contributed by atoms with Crippen molar-refractivity contribution in [1.29, 1.82) is 0 Å². The molecule has 0 aromatic heterocycles. The zero-order valence-corrected chi connectivity index (χ0v) is 15.5. The molecule has 0 aliphatic rings. The lowest BCUT2D eigenvalue weighted by molar-refractivity contribution is 0.0973. The highest BCUT2D eigenvalue weighted by atomic mass is 16.7. The van der Waals surface area contributed by atoms with E-state index >= 15 is 0 Å². The Labute approximate surface area is 147 Å². The van der Waals surface area contributed by atoms with Crippen molar-refractivity contribution in [3.05, 3.63) is 29.8 Å². The maximum atomic E-state index is 11.6. The van der Waals surface area contributed by atoms with Crippen LogP contribution < -0.4 is 4.74 Å². The molecule has 3 nitrogen and oxygen atoms in total. The summed E-state index contributed by atoms with van der Waals surface area (Å²) >= 11 is 0. The summed E-state index contributed by atoms with van der Waals surface area (Å²) in [7, 11) is 0. The second-order valence-electron chi connectivity index (χ2n) is 6.42. The highest BCUT2D eigenvalue weighted by Crippen LogP contribution is 2.15. The molecular formula is C21H34O3. The molecule has 0 aliphatic carbocycles. The Morgan fingerprint density at radius 1 is 0.792 bits per heavy atom. The van der Waals surface area contributed by atoms with E-state index in [1.165, 1.54) is 56.9 Å². The molecule has 0 heterocycles. The molecular weight excluding hydrogens is 300 g/mol. The van der Waals surface area contributed by atoms with E-state index in [4.69, 9.17) is 9.47 Å². The Morgan fingerprint density at radius 3 is 2.00 bits per heavy atom. The van der Waals surface area contributed by atoms with Gasteiger partial charge in [-0.05, 0) is 37.0 Å². The predicted octanol–water partition coefficient (Wildman–Crippen LogP) is 6.69. The third kappa shape index (κ3) is 10.3. The Balaban J connectivity index is 2.05. The number of hydrogen-bond acceptors (Lipinski definition) is 3. The van der Waals surface area contributed by atoms with Crippen molar-refractivity contribution in [3.8, 4) is 5.75 Å². The van der Waals surface area contributed by atoms with Gasteiger partial charge in [-0.15, -0.1) is 0 Å². The fourth-order valence-corrected chi connectivity index (χ4v) is 2.62. The summed E-state index contributed by atoms with van der Waals surface area (Å²) in [6, 6.07) is 7.69. The second-order valence-corrected chi connectivity index (χ2v) is 6.42. The lowest BCUT2D eigenvalue weighted by Crippen LogP contribution is -2.11. The average molecular weight is 335 g/mol. The number of hydrogen-bond donors (Lipinski definition) is 0. The summed E-state index contributed by atoms with van der Waals surface area (Å²) < 4.78 is 10.3. The van der Waals surface area contributed by atoms with Gasteiger partial charge in [-0.25, -0.2) is 4.79 Å². The first-order valence-electron chi connectivity index (χ1n) is 9.69. The highest BCUT2D eigenvalue weighted by Gasteiger charge is 2.05. The van der Waals surface area contributed by atoms with Crippen LogP contribution in [-0.4, -0.2) is 12.8 Å². The van der Waals surface area contributed by atoms with Crippen LogP contribution in [0.25, 0.3) is 0 Å². The highest BCUT2D eigenvalue weighted by molar-refractivity contribution is 5.63. The summed E-state index contributed by atoms with van der Waals surface area (Å²) in [5, 5.41) is 0. The van der Waals surface area contributed by atoms with Crippen molar-refractivity contribution < 1.29 is 14.3 Å². The monoisotopic (exact) mass is 334 g/mol. The van der Waals surface area contributed by atoms with E-state index in [1.54, 1.807) is 0 Å². The second kappa shape index (κ2) is 13.9. The molecule has 0 saturated heterocycles. The van der Waals surface area contributed by atoms with Gasteiger partial charge in [0.15, 0.2) is 0 Å². The molecule has 1 aromatic rings. The van der Waals surface area contributed by atoms with Crippen LogP contribution in [0.3, 0.4) is 0 Å². The van der Waals surface area contributed by atoms with Gasteiger partial charge in [0.05, 0.1) is 6.61 Å². The zero-order chi connectivity index (χ0) is 17.5. The molecule has 136 valence electrons. The molecule has 0 amide bonds. The van der Waals surface area contributed by atoms with Crippen molar-refractivity contribution in [2.24, 2.45) is 0 Å². The van der Waals surface area contributed by atoms with Gasteiger partial charge in [-0.3, -0.25) is 0 Å². The number of carbonyl (C=O) groups is 1. The number of carbonyl (C=O) groups excluding carboxylic acids is 1. The van der Waals surface area contributed by atoms with Crippen LogP contribution in [0.2, 0.25) is 0 Å². The minimum atomic E-state index is -0.598. The SMILES string of the molecule is CCCCCCCCCCOC(=O)Oc1ccc(CCCC)cc1. The number of ether oxygens (including phenoxy) is 2. The molecule has 1 rings (SSSR count). The van der Waals surface area contributed by atoms with Crippen molar-refractivity contribution in [2.45, 2.75) is 84.5 Å². The first-order chi connectivity index (χ1) is 11.8. The van der Waals surface area contributed by atoms with E-state index in [2.05, 4.69) is 13.8 Å². The molecule has 0 spiro atoms. The van der Waals surface area contributed by atoms with E-state index in [0.29, 0.717) is 12.4 Å². The predicted molar refractivity (Wildman–Crippen MR) is 99.6 cm³/mol. The van der Waals surface area contributed by atoms with Gasteiger partial charge < -0.3 is 9.47 Å². The topological polar surface area (TPSA) is 35.5 Å². The quantitative estimate of drug-likeness (QED) is 0.229. The van der Waals surface area contributed by atoms with Crippen LogP contribution in [0.5, 0.6) is 5.75 Å². The van der Waals surface area contributed by atoms with Crippen LogP contribution in [0.15, 0.2) is 24.3 Å². The number of aryl methyl sites for hydroxylation is 1. The summed E-state index contributed by atoms with van der Waals surface area (Å²) in [6.07, 6.45) is 12.7. The van der Waals surface area contributed by atoms with Crippen molar-refractivity contribution in [3.63, 3.8) is 0 Å². The molecule has 0 bridgehead atoms. The first-order valence-corrected chi connectivity index (χ1v) is 9.69. The van der Waals surface area contributed by atoms with Crippen LogP contribution >= 0.6 is 0 Å². The van der Waals surface area contributed by atoms with Crippen LogP contribution in [0.4, 0.5) is 4.79 Å². The summed E-state index contributed by atoms with van der Waals surface area (Å²) in [5.74, 6) is 0.552. The summed E-state index contributed by atoms with van der Waals surface area (Å²) in [6.45, 7) is 4.86. The fraction of sp³-hybridized carbons (Fsp3) is 0.667. The molecule has 0 fully saturated rings. The minimum absolute atomic E-state index is 0.447. The molecule has 0 atom stereocenters. The van der Waals surface area contributed by atoms with Gasteiger partial charge in [-0.2, -0.15) is 0 Å². The standard InChI is InChI=1S/C21H34O3/c1-3-5-7-8-9-10-11-12-18-23-21(22)24-20-16-14-19(15-17-20)13-6-4-2/h14-17H,3-13,18H2,1-2H3. The lowest BCUT2D eigenvalue weighted by atomic mass is 10.1. The zero-order valence-electron chi connectivity index (χ0n) is 15.5. The van der Waals surface area contributed by atoms with Gasteiger partial charge in [-0.1, -0.05) is 77.3 Å². The van der Waals surface area contributed by atoms with E-state index < -0.39 is 6.16 Å². The Morgan fingerprint density at radius 2 is 1.38 bits per heavy atom. The largest absolute Gasteiger partial charge is 0.513 e. The summed E-state index contributed by atoms with van der Waals surface area (Å²) in [5.41, 5.74) is 1.27. The Hall–Kier alpha value is -1.51. The van der Waals surface area contributed by atoms with E-state index in [1.807, 2.05) is 24.3 Å². The van der Waals surface area contributed by atoms with E-state index in [-0.39, 0.29) is 0 Å². The molecule has 0 unspecified atom stereocenters. The Kier molecular flexibility index (Phi) is 11.9. The van der Waals surface area contributed by atoms with Crippen LogP contribution in [0.1, 0.15) is 83.6 Å². The van der Waals surface area contributed by atoms with Crippen molar-refractivity contribution in [1.82, 2.24) is 0 Å². The molecule has 1 aromatic carbocycles. The van der Waals surface area contributed by atoms with E-state index in [9.17, 15) is 4.79 Å². The lowest BCUT2D eigenvalue weighted by Gasteiger charge is -2.07. The summed E-state index contributed by atoms with van der Waals surface area (Å²) in [4.78, 5) is 11.6.